The molecule has 0 aromatic rings. The quantitative estimate of drug-likeness (QED) is 0.831. The van der Waals surface area contributed by atoms with Crippen molar-refractivity contribution in [3.63, 3.8) is 0 Å². The molecule has 0 unspecified atom stereocenters. The van der Waals surface area contributed by atoms with Gasteiger partial charge in [0.15, 0.2) is 0 Å². The minimum absolute atomic E-state index is 0.105. The molecule has 1 aliphatic carbocycles. The molecule has 0 aromatic carbocycles. The molecule has 2 amide bonds. The minimum Gasteiger partial charge on any atom is -0.480 e. The van der Waals surface area contributed by atoms with Gasteiger partial charge in [-0.1, -0.05) is 0 Å². The fourth-order valence-electron chi connectivity index (χ4n) is 2.62. The van der Waals surface area contributed by atoms with Crippen molar-refractivity contribution in [2.24, 2.45) is 5.92 Å². The zero-order valence-corrected chi connectivity index (χ0v) is 11.2. The van der Waals surface area contributed by atoms with E-state index in [0.29, 0.717) is 12.5 Å². The van der Waals surface area contributed by atoms with Crippen molar-refractivity contribution in [1.29, 1.82) is 0 Å². The van der Waals surface area contributed by atoms with E-state index < -0.39 is 5.97 Å². The van der Waals surface area contributed by atoms with Crippen LogP contribution in [0.1, 0.15) is 39.5 Å². The SMILES string of the molecule is CC1(C)CCCN1C(=O)N(CC(=O)O)CC1CC1. The Kier molecular flexibility index (Phi) is 3.50. The van der Waals surface area contributed by atoms with E-state index >= 15 is 0 Å². The lowest BCUT2D eigenvalue weighted by Crippen LogP contribution is -2.51. The Balaban J connectivity index is 2.03. The zero-order valence-electron chi connectivity index (χ0n) is 11.2. The van der Waals surface area contributed by atoms with Crippen molar-refractivity contribution in [1.82, 2.24) is 9.80 Å². The average Bonchev–Trinajstić information content (AvgIpc) is 2.99. The summed E-state index contributed by atoms with van der Waals surface area (Å²) in [6.45, 7) is 5.26. The molecule has 0 radical (unpaired) electrons. The van der Waals surface area contributed by atoms with E-state index in [2.05, 4.69) is 0 Å². The molecule has 18 heavy (non-hydrogen) atoms. The van der Waals surface area contributed by atoms with Gasteiger partial charge in [0.2, 0.25) is 0 Å². The van der Waals surface area contributed by atoms with Crippen molar-refractivity contribution < 1.29 is 14.7 Å². The monoisotopic (exact) mass is 254 g/mol. The van der Waals surface area contributed by atoms with Gasteiger partial charge in [-0.15, -0.1) is 0 Å². The molecule has 5 nitrogen and oxygen atoms in total. The first-order chi connectivity index (χ1) is 8.40. The first-order valence-corrected chi connectivity index (χ1v) is 6.68. The molecule has 5 heteroatoms. The Morgan fingerprint density at radius 3 is 2.50 bits per heavy atom. The van der Waals surface area contributed by atoms with Crippen molar-refractivity contribution in [2.45, 2.75) is 45.1 Å². The predicted molar refractivity (Wildman–Crippen MR) is 67.3 cm³/mol. The van der Waals surface area contributed by atoms with Crippen LogP contribution in [0.15, 0.2) is 0 Å². The lowest BCUT2D eigenvalue weighted by Gasteiger charge is -2.35. The molecule has 2 fully saturated rings. The fourth-order valence-corrected chi connectivity index (χ4v) is 2.62. The van der Waals surface area contributed by atoms with E-state index in [-0.39, 0.29) is 18.1 Å². The summed E-state index contributed by atoms with van der Waals surface area (Å²) < 4.78 is 0. The number of aliphatic carboxylic acids is 1. The molecule has 0 aromatic heterocycles. The van der Waals surface area contributed by atoms with Gasteiger partial charge in [0.05, 0.1) is 0 Å². The third-order valence-electron chi connectivity index (χ3n) is 3.90. The van der Waals surface area contributed by atoms with Crippen LogP contribution in [0.3, 0.4) is 0 Å². The second-order valence-electron chi connectivity index (χ2n) is 6.07. The van der Waals surface area contributed by atoms with Crippen LogP contribution in [-0.2, 0) is 4.79 Å². The largest absolute Gasteiger partial charge is 0.480 e. The van der Waals surface area contributed by atoms with Crippen LogP contribution < -0.4 is 0 Å². The summed E-state index contributed by atoms with van der Waals surface area (Å²) in [4.78, 5) is 26.7. The number of carbonyl (C=O) groups excluding carboxylic acids is 1. The first-order valence-electron chi connectivity index (χ1n) is 6.68. The molecular weight excluding hydrogens is 232 g/mol. The van der Waals surface area contributed by atoms with E-state index in [0.717, 1.165) is 32.2 Å². The molecule has 1 aliphatic heterocycles. The molecular formula is C13H22N2O3. The van der Waals surface area contributed by atoms with Gasteiger partial charge < -0.3 is 14.9 Å². The first kappa shape index (κ1) is 13.2. The Hall–Kier alpha value is -1.26. The van der Waals surface area contributed by atoms with E-state index in [1.165, 1.54) is 4.90 Å². The van der Waals surface area contributed by atoms with Gasteiger partial charge in [0, 0.05) is 18.6 Å². The maximum absolute atomic E-state index is 12.4. The van der Waals surface area contributed by atoms with Crippen molar-refractivity contribution in [3.8, 4) is 0 Å². The molecule has 0 bridgehead atoms. The van der Waals surface area contributed by atoms with Gasteiger partial charge in [-0.2, -0.15) is 0 Å². The van der Waals surface area contributed by atoms with Gasteiger partial charge in [-0.05, 0) is 45.4 Å². The second kappa shape index (κ2) is 4.78. The summed E-state index contributed by atoms with van der Waals surface area (Å²) in [6.07, 6.45) is 4.23. The van der Waals surface area contributed by atoms with Crippen molar-refractivity contribution in [2.75, 3.05) is 19.6 Å². The lowest BCUT2D eigenvalue weighted by molar-refractivity contribution is -0.137. The van der Waals surface area contributed by atoms with Crippen molar-refractivity contribution in [3.05, 3.63) is 0 Å². The Morgan fingerprint density at radius 1 is 1.39 bits per heavy atom. The Labute approximate surface area is 108 Å². The van der Waals surface area contributed by atoms with Crippen LogP contribution >= 0.6 is 0 Å². The fraction of sp³-hybridized carbons (Fsp3) is 0.846. The Morgan fingerprint density at radius 2 is 2.06 bits per heavy atom. The number of hydrogen-bond donors (Lipinski definition) is 1. The summed E-state index contributed by atoms with van der Waals surface area (Å²) in [5, 5.41) is 8.93. The number of amides is 2. The third kappa shape index (κ3) is 2.94. The van der Waals surface area contributed by atoms with Gasteiger partial charge in [0.1, 0.15) is 6.54 Å². The highest BCUT2D eigenvalue weighted by molar-refractivity contribution is 5.81. The Bertz CT molecular complexity index is 350. The molecule has 0 spiro atoms. The maximum Gasteiger partial charge on any atom is 0.323 e. The van der Waals surface area contributed by atoms with Crippen LogP contribution in [0.5, 0.6) is 0 Å². The van der Waals surface area contributed by atoms with Gasteiger partial charge in [-0.25, -0.2) is 4.79 Å². The standard InChI is InChI=1S/C13H22N2O3/c1-13(2)6-3-7-15(13)12(18)14(9-11(16)17)8-10-4-5-10/h10H,3-9H2,1-2H3,(H,16,17). The summed E-state index contributed by atoms with van der Waals surface area (Å²) in [5.74, 6) is -0.417. The van der Waals surface area contributed by atoms with Crippen molar-refractivity contribution >= 4 is 12.0 Å². The number of carboxylic acids is 1. The topological polar surface area (TPSA) is 60.9 Å². The van der Waals surface area contributed by atoms with Crippen LogP contribution in [0.4, 0.5) is 4.79 Å². The van der Waals surface area contributed by atoms with E-state index in [4.69, 9.17) is 5.11 Å². The second-order valence-corrected chi connectivity index (χ2v) is 6.07. The molecule has 1 N–H and O–H groups in total. The predicted octanol–water partition coefficient (Wildman–Crippen LogP) is 1.78. The molecule has 102 valence electrons. The summed E-state index contributed by atoms with van der Waals surface area (Å²) >= 11 is 0. The number of carboxylic acid groups (broad SMARTS) is 1. The highest BCUT2D eigenvalue weighted by Gasteiger charge is 2.39. The molecule has 2 aliphatic rings. The lowest BCUT2D eigenvalue weighted by atomic mass is 10.0. The molecule has 0 atom stereocenters. The number of carbonyl (C=O) groups is 2. The summed E-state index contributed by atoms with van der Waals surface area (Å²) in [6, 6.07) is -0.105. The third-order valence-corrected chi connectivity index (χ3v) is 3.90. The van der Waals surface area contributed by atoms with Gasteiger partial charge in [0.25, 0.3) is 0 Å². The van der Waals surface area contributed by atoms with Crippen LogP contribution in [0.25, 0.3) is 0 Å². The number of nitrogens with zero attached hydrogens (tertiary/aromatic N) is 2. The van der Waals surface area contributed by atoms with Crippen LogP contribution in [0.2, 0.25) is 0 Å². The van der Waals surface area contributed by atoms with Gasteiger partial charge in [-0.3, -0.25) is 4.79 Å². The van der Waals surface area contributed by atoms with Crippen LogP contribution in [-0.4, -0.2) is 52.1 Å². The van der Waals surface area contributed by atoms with E-state index in [1.807, 2.05) is 18.7 Å². The highest BCUT2D eigenvalue weighted by atomic mass is 16.4. The highest BCUT2D eigenvalue weighted by Crippen LogP contribution is 2.32. The average molecular weight is 254 g/mol. The van der Waals surface area contributed by atoms with E-state index in [9.17, 15) is 9.59 Å². The summed E-state index contributed by atoms with van der Waals surface area (Å²) in [7, 11) is 0. The van der Waals surface area contributed by atoms with Crippen LogP contribution in [0, 0.1) is 5.92 Å². The maximum atomic E-state index is 12.4. The molecule has 1 heterocycles. The number of urea groups is 1. The van der Waals surface area contributed by atoms with E-state index in [1.54, 1.807) is 0 Å². The number of hydrogen-bond acceptors (Lipinski definition) is 2. The minimum atomic E-state index is -0.930. The smallest absolute Gasteiger partial charge is 0.323 e. The van der Waals surface area contributed by atoms with Gasteiger partial charge >= 0.3 is 12.0 Å². The normalized spacial score (nSPS) is 22.0. The molecule has 1 saturated heterocycles. The summed E-state index contributed by atoms with van der Waals surface area (Å²) in [5.41, 5.74) is -0.141. The number of rotatable bonds is 4. The molecule has 2 rings (SSSR count). The molecule has 1 saturated carbocycles. The zero-order chi connectivity index (χ0) is 13.3. The number of likely N-dealkylation sites (tertiary alicyclic amines) is 1.